The molecular weight excluding hydrogens is 668 g/mol. The van der Waals surface area contributed by atoms with Crippen LogP contribution in [0.25, 0.3) is 0 Å². The molecule has 0 saturated heterocycles. The van der Waals surface area contributed by atoms with Crippen molar-refractivity contribution in [1.82, 2.24) is 0 Å². The van der Waals surface area contributed by atoms with Crippen molar-refractivity contribution < 1.29 is 38.7 Å². The molecule has 280 valence electrons. The zero-order valence-corrected chi connectivity index (χ0v) is 31.6. The topological polar surface area (TPSA) is 104 Å². The molecule has 4 aromatic rings. The van der Waals surface area contributed by atoms with Crippen LogP contribution in [0.1, 0.15) is 111 Å². The number of carbonyl (C=O) groups is 1. The third-order valence-electron chi connectivity index (χ3n) is 9.72. The number of benzene rings is 4. The van der Waals surface area contributed by atoms with Gasteiger partial charge in [-0.1, -0.05) is 78.4 Å². The van der Waals surface area contributed by atoms with E-state index in [0.717, 1.165) is 40.7 Å². The minimum atomic E-state index is -0.952. The maximum Gasteiger partial charge on any atom is 0.231 e. The van der Waals surface area contributed by atoms with Gasteiger partial charge in [-0.3, -0.25) is 4.79 Å². The lowest BCUT2D eigenvalue weighted by molar-refractivity contribution is 0.0687. The van der Waals surface area contributed by atoms with E-state index in [2.05, 4.69) is 13.0 Å². The van der Waals surface area contributed by atoms with E-state index in [9.17, 15) is 15.0 Å². The van der Waals surface area contributed by atoms with Gasteiger partial charge in [0.15, 0.2) is 17.3 Å². The number of allylic oxidation sites excluding steroid dienone is 2. The van der Waals surface area contributed by atoms with Crippen LogP contribution >= 0.6 is 0 Å². The molecule has 0 aromatic heterocycles. The lowest BCUT2D eigenvalue weighted by atomic mass is 9.88. The summed E-state index contributed by atoms with van der Waals surface area (Å²) in [4.78, 5) is 14.4. The number of rotatable bonds is 16. The molecule has 0 saturated carbocycles. The Labute approximate surface area is 313 Å². The molecule has 0 aliphatic carbocycles. The van der Waals surface area contributed by atoms with Crippen molar-refractivity contribution in [3.63, 3.8) is 0 Å². The molecule has 1 unspecified atom stereocenters. The summed E-state index contributed by atoms with van der Waals surface area (Å²) >= 11 is 0. The molecule has 8 nitrogen and oxygen atoms in total. The van der Waals surface area contributed by atoms with Crippen molar-refractivity contribution in [2.24, 2.45) is 0 Å². The van der Waals surface area contributed by atoms with E-state index >= 15 is 0 Å². The number of aliphatic hydroxyl groups is 2. The second-order valence-electron chi connectivity index (χ2n) is 15.4. The molecule has 0 bridgehead atoms. The molecular formula is C45H52O8. The van der Waals surface area contributed by atoms with Crippen molar-refractivity contribution in [1.29, 1.82) is 0 Å². The molecule has 2 aliphatic rings. The van der Waals surface area contributed by atoms with Crippen LogP contribution in [0, 0.1) is 0 Å². The van der Waals surface area contributed by atoms with Crippen molar-refractivity contribution >= 4 is 5.78 Å². The maximum absolute atomic E-state index is 14.4. The summed E-state index contributed by atoms with van der Waals surface area (Å²) in [5.41, 5.74) is 4.41. The number of hydrogen-bond donors (Lipinski definition) is 2. The standard InChI is InChI=1S/C45H52O8/c1-30(13-12-23-44(2,3)47)18-19-34-33(20-21-37-42(34)52-29-51-37)39-25-36(46)41-40(53-39)26-38(49-27-31-14-8-6-9-15-31)35(22-24-45(4,5)48)43(41)50-28-32-16-10-7-11-17-32/h6-11,14-18,20-21,26,39,47-48H,12-13,19,22-25,27-29H2,1-5H3/b30-18+. The van der Waals surface area contributed by atoms with E-state index in [1.807, 2.05) is 92.7 Å². The zero-order chi connectivity index (χ0) is 37.6. The van der Waals surface area contributed by atoms with Gasteiger partial charge in [0.25, 0.3) is 0 Å². The van der Waals surface area contributed by atoms with E-state index in [-0.39, 0.29) is 25.6 Å². The fourth-order valence-electron chi connectivity index (χ4n) is 6.81. The highest BCUT2D eigenvalue weighted by Gasteiger charge is 2.36. The van der Waals surface area contributed by atoms with Gasteiger partial charge in [0.2, 0.25) is 6.79 Å². The Hall–Kier alpha value is -4.79. The Morgan fingerprint density at radius 2 is 1.49 bits per heavy atom. The van der Waals surface area contributed by atoms with Crippen LogP contribution in [0.2, 0.25) is 0 Å². The Balaban J connectivity index is 1.38. The van der Waals surface area contributed by atoms with E-state index < -0.39 is 17.3 Å². The van der Waals surface area contributed by atoms with Gasteiger partial charge >= 0.3 is 0 Å². The number of fused-ring (bicyclic) bond motifs is 2. The average molecular weight is 721 g/mol. The summed E-state index contributed by atoms with van der Waals surface area (Å²) in [7, 11) is 0. The zero-order valence-electron chi connectivity index (χ0n) is 31.6. The number of Topliss-reactive ketones (excluding diaryl/α,β-unsaturated/α-hetero) is 1. The molecule has 2 heterocycles. The van der Waals surface area contributed by atoms with Crippen LogP contribution in [0.4, 0.5) is 0 Å². The third-order valence-corrected chi connectivity index (χ3v) is 9.72. The molecule has 0 amide bonds. The average Bonchev–Trinajstić information content (AvgIpc) is 3.60. The lowest BCUT2D eigenvalue weighted by Crippen LogP contribution is -2.24. The molecule has 2 aliphatic heterocycles. The minimum absolute atomic E-state index is 0.0969. The number of carbonyl (C=O) groups excluding carboxylic acids is 1. The molecule has 4 aromatic carbocycles. The van der Waals surface area contributed by atoms with E-state index in [0.29, 0.717) is 66.6 Å². The first-order valence-electron chi connectivity index (χ1n) is 18.6. The molecule has 0 spiro atoms. The van der Waals surface area contributed by atoms with Gasteiger partial charge in [-0.25, -0.2) is 0 Å². The van der Waals surface area contributed by atoms with Crippen molar-refractivity contribution in [3.05, 3.63) is 124 Å². The number of ketones is 1. The monoisotopic (exact) mass is 720 g/mol. The van der Waals surface area contributed by atoms with E-state index in [4.69, 9.17) is 23.7 Å². The van der Waals surface area contributed by atoms with Crippen LogP contribution in [0.5, 0.6) is 28.7 Å². The molecule has 2 N–H and O–H groups in total. The minimum Gasteiger partial charge on any atom is -0.488 e. The van der Waals surface area contributed by atoms with E-state index in [1.165, 1.54) is 5.57 Å². The highest BCUT2D eigenvalue weighted by Crippen LogP contribution is 2.49. The van der Waals surface area contributed by atoms with Gasteiger partial charge in [0.05, 0.1) is 17.6 Å². The molecule has 8 heteroatoms. The van der Waals surface area contributed by atoms with Gasteiger partial charge in [-0.15, -0.1) is 0 Å². The molecule has 0 radical (unpaired) electrons. The van der Waals surface area contributed by atoms with Crippen molar-refractivity contribution in [3.8, 4) is 28.7 Å². The Morgan fingerprint density at radius 3 is 2.15 bits per heavy atom. The van der Waals surface area contributed by atoms with Crippen LogP contribution in [-0.2, 0) is 26.1 Å². The van der Waals surface area contributed by atoms with E-state index in [1.54, 1.807) is 13.8 Å². The molecule has 1 atom stereocenters. The van der Waals surface area contributed by atoms with Gasteiger partial charge in [-0.2, -0.15) is 0 Å². The van der Waals surface area contributed by atoms with Crippen LogP contribution in [0.3, 0.4) is 0 Å². The van der Waals surface area contributed by atoms with Crippen LogP contribution in [-0.4, -0.2) is 34.0 Å². The van der Waals surface area contributed by atoms with Crippen LogP contribution in [0.15, 0.2) is 90.5 Å². The van der Waals surface area contributed by atoms with Gasteiger partial charge in [0, 0.05) is 22.8 Å². The molecule has 0 fully saturated rings. The highest BCUT2D eigenvalue weighted by molar-refractivity contribution is 6.03. The summed E-state index contributed by atoms with van der Waals surface area (Å²) < 4.78 is 31.6. The predicted octanol–water partition coefficient (Wildman–Crippen LogP) is 9.41. The first-order chi connectivity index (χ1) is 25.3. The second kappa shape index (κ2) is 16.5. The first-order valence-corrected chi connectivity index (χ1v) is 18.6. The second-order valence-corrected chi connectivity index (χ2v) is 15.4. The fourth-order valence-corrected chi connectivity index (χ4v) is 6.81. The largest absolute Gasteiger partial charge is 0.488 e. The third kappa shape index (κ3) is 10.0. The SMILES string of the molecule is C/C(=C\Cc1c(C2CC(=O)c3c(cc(OCc4ccccc4)c(CCC(C)(C)O)c3OCc3ccccc3)O2)ccc2c1OCO2)CCCC(C)(C)O. The van der Waals surface area contributed by atoms with Crippen LogP contribution < -0.4 is 23.7 Å². The summed E-state index contributed by atoms with van der Waals surface area (Å²) in [5.74, 6) is 2.61. The predicted molar refractivity (Wildman–Crippen MR) is 205 cm³/mol. The number of ether oxygens (including phenoxy) is 5. The van der Waals surface area contributed by atoms with Gasteiger partial charge < -0.3 is 33.9 Å². The summed E-state index contributed by atoms with van der Waals surface area (Å²) in [6.45, 7) is 9.99. The maximum atomic E-state index is 14.4. The van der Waals surface area contributed by atoms with Gasteiger partial charge in [0.1, 0.15) is 42.1 Å². The smallest absolute Gasteiger partial charge is 0.231 e. The molecule has 6 rings (SSSR count). The van der Waals surface area contributed by atoms with Gasteiger partial charge in [-0.05, 0) is 90.3 Å². The summed E-state index contributed by atoms with van der Waals surface area (Å²) in [6, 6.07) is 25.4. The number of hydrogen-bond acceptors (Lipinski definition) is 8. The molecule has 53 heavy (non-hydrogen) atoms. The fraction of sp³-hybridized carbons (Fsp3) is 0.400. The quantitative estimate of drug-likeness (QED) is 0.110. The summed E-state index contributed by atoms with van der Waals surface area (Å²) in [6.07, 6.45) is 5.58. The summed E-state index contributed by atoms with van der Waals surface area (Å²) in [5, 5.41) is 20.9. The Morgan fingerprint density at radius 1 is 0.830 bits per heavy atom. The van der Waals surface area contributed by atoms with Crippen molar-refractivity contribution in [2.45, 2.75) is 110 Å². The first kappa shape index (κ1) is 38.0. The normalized spacial score (nSPS) is 15.6. The highest BCUT2D eigenvalue weighted by atomic mass is 16.7. The Kier molecular flexibility index (Phi) is 11.8. The Bertz CT molecular complexity index is 1900. The lowest BCUT2D eigenvalue weighted by Gasteiger charge is -2.31. The van der Waals surface area contributed by atoms with Crippen molar-refractivity contribution in [2.75, 3.05) is 6.79 Å².